The number of hydrogen-bond acceptors (Lipinski definition) is 1. The smallest absolute Gasteiger partial charge is 0.00157 e. The first-order chi connectivity index (χ1) is 12.1. The largest absolute Gasteiger partial charge is 0.304 e. The Morgan fingerprint density at radius 3 is 2.28 bits per heavy atom. The summed E-state index contributed by atoms with van der Waals surface area (Å²) >= 11 is 0. The molecule has 0 atom stereocenters. The molecule has 0 saturated carbocycles. The Balaban J connectivity index is 1.98. The predicted octanol–water partition coefficient (Wildman–Crippen LogP) is 6.14. The summed E-state index contributed by atoms with van der Waals surface area (Å²) in [4.78, 5) is 2.55. The molecule has 0 aliphatic heterocycles. The molecule has 2 rings (SSSR count). The van der Waals surface area contributed by atoms with Gasteiger partial charge < -0.3 is 4.90 Å². The molecule has 0 unspecified atom stereocenters. The van der Waals surface area contributed by atoms with Gasteiger partial charge in [0.1, 0.15) is 0 Å². The van der Waals surface area contributed by atoms with E-state index in [2.05, 4.69) is 87.2 Å². The van der Waals surface area contributed by atoms with Crippen LogP contribution in [0.25, 0.3) is 12.2 Å². The van der Waals surface area contributed by atoms with E-state index in [-0.39, 0.29) is 0 Å². The van der Waals surface area contributed by atoms with Crippen LogP contribution in [0.4, 0.5) is 0 Å². The Morgan fingerprint density at radius 1 is 0.880 bits per heavy atom. The molecule has 2 aromatic rings. The monoisotopic (exact) mass is 335 g/mol. The first-order valence-electron chi connectivity index (χ1n) is 9.69. The van der Waals surface area contributed by atoms with Gasteiger partial charge in [-0.2, -0.15) is 0 Å². The van der Waals surface area contributed by atoms with Gasteiger partial charge in [0.25, 0.3) is 0 Å². The summed E-state index contributed by atoms with van der Waals surface area (Å²) in [5, 5.41) is 0. The second-order valence-corrected chi connectivity index (χ2v) is 6.92. The van der Waals surface area contributed by atoms with Crippen LogP contribution in [-0.4, -0.2) is 24.5 Å². The van der Waals surface area contributed by atoms with Crippen LogP contribution >= 0.6 is 0 Å². The topological polar surface area (TPSA) is 3.24 Å². The van der Waals surface area contributed by atoms with Crippen LogP contribution < -0.4 is 0 Å². The maximum absolute atomic E-state index is 2.55. The van der Waals surface area contributed by atoms with Crippen molar-refractivity contribution in [2.75, 3.05) is 19.6 Å². The summed E-state index contributed by atoms with van der Waals surface area (Å²) in [5.41, 5.74) is 6.74. The van der Waals surface area contributed by atoms with E-state index in [4.69, 9.17) is 0 Å². The predicted molar refractivity (Wildman–Crippen MR) is 112 cm³/mol. The van der Waals surface area contributed by atoms with Gasteiger partial charge in [0.15, 0.2) is 0 Å². The summed E-state index contributed by atoms with van der Waals surface area (Å²) in [6.45, 7) is 12.5. The molecule has 25 heavy (non-hydrogen) atoms. The average Bonchev–Trinajstić information content (AvgIpc) is 2.61. The molecule has 0 N–H and O–H groups in total. The summed E-state index contributed by atoms with van der Waals surface area (Å²) in [5.74, 6) is 0. The van der Waals surface area contributed by atoms with Crippen LogP contribution in [0.1, 0.15) is 54.5 Å². The van der Waals surface area contributed by atoms with E-state index >= 15 is 0 Å². The quantitative estimate of drug-likeness (QED) is 0.498. The standard InChI is InChI=1S/C24H33N/c1-5-17-25(6-2)18-9-14-22-12-8-13-23(19-22)15-16-24-20(3)10-7-11-21(24)4/h7-8,10-13,15-16,19H,5-6,9,14,17-18H2,1-4H3/b16-15+. The van der Waals surface area contributed by atoms with Gasteiger partial charge in [-0.05, 0) is 80.6 Å². The highest BCUT2D eigenvalue weighted by molar-refractivity contribution is 5.72. The van der Waals surface area contributed by atoms with Gasteiger partial charge in [0.05, 0.1) is 0 Å². The fourth-order valence-corrected chi connectivity index (χ4v) is 3.37. The van der Waals surface area contributed by atoms with Crippen molar-refractivity contribution in [3.8, 4) is 0 Å². The molecule has 1 heteroatoms. The minimum Gasteiger partial charge on any atom is -0.304 e. The highest BCUT2D eigenvalue weighted by atomic mass is 15.1. The maximum atomic E-state index is 2.55. The van der Waals surface area contributed by atoms with Gasteiger partial charge >= 0.3 is 0 Å². The normalized spacial score (nSPS) is 11.6. The van der Waals surface area contributed by atoms with Crippen LogP contribution in [-0.2, 0) is 6.42 Å². The Kier molecular flexibility index (Phi) is 7.94. The van der Waals surface area contributed by atoms with E-state index in [1.807, 2.05) is 0 Å². The highest BCUT2D eigenvalue weighted by Gasteiger charge is 2.02. The summed E-state index contributed by atoms with van der Waals surface area (Å²) < 4.78 is 0. The molecule has 0 saturated heterocycles. The summed E-state index contributed by atoms with van der Waals surface area (Å²) in [6.07, 6.45) is 8.13. The van der Waals surface area contributed by atoms with E-state index < -0.39 is 0 Å². The lowest BCUT2D eigenvalue weighted by Gasteiger charge is -2.19. The Morgan fingerprint density at radius 2 is 1.60 bits per heavy atom. The van der Waals surface area contributed by atoms with Crippen LogP contribution in [0.2, 0.25) is 0 Å². The van der Waals surface area contributed by atoms with Crippen molar-refractivity contribution in [2.45, 2.75) is 47.0 Å². The van der Waals surface area contributed by atoms with Crippen LogP contribution in [0, 0.1) is 13.8 Å². The zero-order valence-electron chi connectivity index (χ0n) is 16.4. The number of hydrogen-bond donors (Lipinski definition) is 0. The van der Waals surface area contributed by atoms with Crippen molar-refractivity contribution in [3.63, 3.8) is 0 Å². The number of rotatable bonds is 9. The molecular formula is C24H33N. The fourth-order valence-electron chi connectivity index (χ4n) is 3.37. The number of nitrogens with zero attached hydrogens (tertiary/aromatic N) is 1. The second kappa shape index (κ2) is 10.2. The van der Waals surface area contributed by atoms with Crippen molar-refractivity contribution < 1.29 is 0 Å². The van der Waals surface area contributed by atoms with E-state index in [0.717, 1.165) is 13.0 Å². The van der Waals surface area contributed by atoms with Crippen LogP contribution in [0.3, 0.4) is 0 Å². The molecule has 0 bridgehead atoms. The molecule has 0 aromatic heterocycles. The summed E-state index contributed by atoms with van der Waals surface area (Å²) in [6, 6.07) is 15.5. The van der Waals surface area contributed by atoms with Gasteiger partial charge in [-0.15, -0.1) is 0 Å². The molecule has 0 radical (unpaired) electrons. The zero-order valence-corrected chi connectivity index (χ0v) is 16.4. The van der Waals surface area contributed by atoms with E-state index in [1.165, 1.54) is 53.7 Å². The lowest BCUT2D eigenvalue weighted by atomic mass is 10.0. The zero-order chi connectivity index (χ0) is 18.1. The van der Waals surface area contributed by atoms with Gasteiger partial charge in [0, 0.05) is 0 Å². The van der Waals surface area contributed by atoms with Crippen molar-refractivity contribution in [2.24, 2.45) is 0 Å². The molecule has 0 amide bonds. The molecule has 134 valence electrons. The third-order valence-electron chi connectivity index (χ3n) is 4.86. The lowest BCUT2D eigenvalue weighted by molar-refractivity contribution is 0.285. The first kappa shape index (κ1) is 19.5. The minimum atomic E-state index is 1.16. The lowest BCUT2D eigenvalue weighted by Crippen LogP contribution is -2.25. The molecule has 0 heterocycles. The minimum absolute atomic E-state index is 1.16. The maximum Gasteiger partial charge on any atom is -0.00157 e. The van der Waals surface area contributed by atoms with Crippen LogP contribution in [0.5, 0.6) is 0 Å². The molecule has 0 aliphatic carbocycles. The molecule has 0 aliphatic rings. The van der Waals surface area contributed by atoms with Crippen LogP contribution in [0.15, 0.2) is 42.5 Å². The van der Waals surface area contributed by atoms with Gasteiger partial charge in [-0.1, -0.05) is 68.5 Å². The van der Waals surface area contributed by atoms with E-state index in [0.29, 0.717) is 0 Å². The number of aryl methyl sites for hydroxylation is 3. The molecule has 0 spiro atoms. The summed E-state index contributed by atoms with van der Waals surface area (Å²) in [7, 11) is 0. The van der Waals surface area contributed by atoms with Crippen molar-refractivity contribution in [3.05, 3.63) is 70.3 Å². The molecular weight excluding hydrogens is 302 g/mol. The second-order valence-electron chi connectivity index (χ2n) is 6.92. The average molecular weight is 336 g/mol. The Bertz CT molecular complexity index is 664. The van der Waals surface area contributed by atoms with Gasteiger partial charge in [-0.25, -0.2) is 0 Å². The highest BCUT2D eigenvalue weighted by Crippen LogP contribution is 2.17. The van der Waals surface area contributed by atoms with Gasteiger partial charge in [0.2, 0.25) is 0 Å². The van der Waals surface area contributed by atoms with Crippen molar-refractivity contribution in [1.82, 2.24) is 4.90 Å². The van der Waals surface area contributed by atoms with E-state index in [9.17, 15) is 0 Å². The molecule has 1 nitrogen and oxygen atoms in total. The van der Waals surface area contributed by atoms with E-state index in [1.54, 1.807) is 0 Å². The fraction of sp³-hybridized carbons (Fsp3) is 0.417. The van der Waals surface area contributed by atoms with Crippen molar-refractivity contribution in [1.29, 1.82) is 0 Å². The third kappa shape index (κ3) is 6.17. The Labute approximate surface area is 154 Å². The molecule has 2 aromatic carbocycles. The third-order valence-corrected chi connectivity index (χ3v) is 4.86. The number of benzene rings is 2. The SMILES string of the molecule is CCCN(CC)CCCc1cccc(/C=C/c2c(C)cccc2C)c1. The first-order valence-corrected chi connectivity index (χ1v) is 9.69. The molecule has 0 fully saturated rings. The van der Waals surface area contributed by atoms with Gasteiger partial charge in [-0.3, -0.25) is 0 Å². The Hall–Kier alpha value is -1.86. The van der Waals surface area contributed by atoms with Crippen molar-refractivity contribution >= 4 is 12.2 Å².